The smallest absolute Gasteiger partial charge is 0.408 e. The zero-order valence-corrected chi connectivity index (χ0v) is 22.0. The molecule has 3 aromatic rings. The van der Waals surface area contributed by atoms with Gasteiger partial charge in [-0.1, -0.05) is 30.3 Å². The Balaban J connectivity index is 1.32. The van der Waals surface area contributed by atoms with Crippen molar-refractivity contribution in [2.24, 2.45) is 11.8 Å². The molecular formula is C28H31F4N5O3. The molecule has 2 aromatic heterocycles. The van der Waals surface area contributed by atoms with Gasteiger partial charge in [-0.2, -0.15) is 5.10 Å². The molecule has 2 aliphatic rings. The monoisotopic (exact) mass is 561 g/mol. The second-order valence-corrected chi connectivity index (χ2v) is 10.8. The average molecular weight is 562 g/mol. The Morgan fingerprint density at radius 3 is 2.60 bits per heavy atom. The lowest BCUT2D eigenvalue weighted by molar-refractivity contribution is -0.123. The van der Waals surface area contributed by atoms with E-state index in [0.29, 0.717) is 17.0 Å². The lowest BCUT2D eigenvalue weighted by Crippen LogP contribution is -2.39. The number of alkyl halides is 4. The fraction of sp³-hybridized carbons (Fsp3) is 0.500. The van der Waals surface area contributed by atoms with Crippen molar-refractivity contribution in [3.63, 3.8) is 0 Å². The molecule has 1 aliphatic heterocycles. The van der Waals surface area contributed by atoms with Crippen molar-refractivity contribution in [2.75, 3.05) is 0 Å². The van der Waals surface area contributed by atoms with E-state index >= 15 is 0 Å². The van der Waals surface area contributed by atoms with Crippen LogP contribution in [0.3, 0.4) is 0 Å². The lowest BCUT2D eigenvalue weighted by atomic mass is 9.81. The molecule has 1 saturated carbocycles. The minimum absolute atomic E-state index is 0.000625. The molecule has 2 amide bonds. The minimum atomic E-state index is -3.02. The first-order valence-electron chi connectivity index (χ1n) is 13.4. The zero-order chi connectivity index (χ0) is 28.5. The normalized spacial score (nSPS) is 22.2. The summed E-state index contributed by atoms with van der Waals surface area (Å²) in [5.41, 5.74) is 2.22. The molecule has 12 heteroatoms. The number of carbonyl (C=O) groups is 2. The first kappa shape index (κ1) is 27.9. The van der Waals surface area contributed by atoms with Gasteiger partial charge < -0.3 is 15.4 Å². The van der Waals surface area contributed by atoms with Crippen LogP contribution >= 0.6 is 0 Å². The maximum absolute atomic E-state index is 13.9. The molecule has 3 heterocycles. The van der Waals surface area contributed by atoms with Gasteiger partial charge in [0.05, 0.1) is 29.7 Å². The maximum Gasteiger partial charge on any atom is 0.408 e. The van der Waals surface area contributed by atoms with Gasteiger partial charge >= 0.3 is 6.09 Å². The number of rotatable bonds is 8. The van der Waals surface area contributed by atoms with Crippen molar-refractivity contribution < 1.29 is 31.9 Å². The fourth-order valence-corrected chi connectivity index (χ4v) is 5.42. The highest BCUT2D eigenvalue weighted by atomic mass is 19.3. The molecule has 1 aliphatic carbocycles. The standard InChI is InChI=1S/C28H31F4N5O3/c1-27(29,30)22-14-19(25(38)34-22)13-20-7-8-23-33-21(15-37(23)36-20)24(18-9-11-28(31,32)12-10-18)35-26(39)40-16-17-5-3-2-4-6-17/h2-8,15,18-19,22,24H,9-14,16H2,1H3,(H,34,38)(H,35,39)/t19?,22?,24-/m0/s1. The Kier molecular flexibility index (Phi) is 7.70. The van der Waals surface area contributed by atoms with E-state index < -0.39 is 41.8 Å². The van der Waals surface area contributed by atoms with Crippen LogP contribution in [0.25, 0.3) is 5.65 Å². The number of fused-ring (bicyclic) bond motifs is 1. The van der Waals surface area contributed by atoms with E-state index in [2.05, 4.69) is 20.7 Å². The topological polar surface area (TPSA) is 97.6 Å². The van der Waals surface area contributed by atoms with Crippen LogP contribution in [0.1, 0.15) is 62.0 Å². The number of amides is 2. The summed E-state index contributed by atoms with van der Waals surface area (Å²) < 4.78 is 62.1. The maximum atomic E-state index is 13.9. The highest BCUT2D eigenvalue weighted by Crippen LogP contribution is 2.41. The van der Waals surface area contributed by atoms with Crippen LogP contribution in [-0.4, -0.2) is 44.5 Å². The van der Waals surface area contributed by atoms with Crippen molar-refractivity contribution in [2.45, 2.75) is 76.0 Å². The van der Waals surface area contributed by atoms with Crippen LogP contribution in [0.2, 0.25) is 0 Å². The molecule has 214 valence electrons. The predicted octanol–water partition coefficient (Wildman–Crippen LogP) is 5.22. The second-order valence-electron chi connectivity index (χ2n) is 10.8. The third-order valence-electron chi connectivity index (χ3n) is 7.71. The molecule has 3 atom stereocenters. The van der Waals surface area contributed by atoms with Crippen LogP contribution in [0, 0.1) is 11.8 Å². The SMILES string of the molecule is CC(F)(F)C1CC(Cc2ccc3nc([C@@H](NC(=O)OCc4ccccc4)C4CCC(F)(F)CC4)cn3n2)C(=O)N1. The number of nitrogens with one attached hydrogen (secondary N) is 2. The van der Waals surface area contributed by atoms with Crippen molar-refractivity contribution in [1.29, 1.82) is 0 Å². The molecule has 2 N–H and O–H groups in total. The fourth-order valence-electron chi connectivity index (χ4n) is 5.42. The number of nitrogens with zero attached hydrogens (tertiary/aromatic N) is 3. The number of halogens is 4. The number of aromatic nitrogens is 3. The van der Waals surface area contributed by atoms with Crippen LogP contribution in [0.5, 0.6) is 0 Å². The highest BCUT2D eigenvalue weighted by molar-refractivity contribution is 5.81. The first-order chi connectivity index (χ1) is 19.0. The third-order valence-corrected chi connectivity index (χ3v) is 7.71. The Labute approximate surface area is 228 Å². The van der Waals surface area contributed by atoms with E-state index in [0.717, 1.165) is 12.5 Å². The highest BCUT2D eigenvalue weighted by Gasteiger charge is 2.44. The minimum Gasteiger partial charge on any atom is -0.445 e. The van der Waals surface area contributed by atoms with Gasteiger partial charge in [-0.25, -0.2) is 31.9 Å². The van der Waals surface area contributed by atoms with Gasteiger partial charge in [0.1, 0.15) is 6.61 Å². The first-order valence-corrected chi connectivity index (χ1v) is 13.4. The van der Waals surface area contributed by atoms with E-state index in [-0.39, 0.29) is 51.0 Å². The summed E-state index contributed by atoms with van der Waals surface area (Å²) in [5.74, 6) is -7.12. The molecule has 8 nitrogen and oxygen atoms in total. The van der Waals surface area contributed by atoms with E-state index in [4.69, 9.17) is 4.74 Å². The third kappa shape index (κ3) is 6.53. The quantitative estimate of drug-likeness (QED) is 0.368. The number of benzene rings is 1. The van der Waals surface area contributed by atoms with Crippen LogP contribution < -0.4 is 10.6 Å². The number of hydrogen-bond acceptors (Lipinski definition) is 5. The summed E-state index contributed by atoms with van der Waals surface area (Å²) in [6.07, 6.45) is 0.926. The number of alkyl carbamates (subject to hydrolysis) is 1. The van der Waals surface area contributed by atoms with Crippen LogP contribution in [-0.2, 0) is 22.6 Å². The van der Waals surface area contributed by atoms with Crippen molar-refractivity contribution in [1.82, 2.24) is 25.2 Å². The Morgan fingerprint density at radius 2 is 1.93 bits per heavy atom. The average Bonchev–Trinajstić information content (AvgIpc) is 3.50. The molecule has 2 fully saturated rings. The lowest BCUT2D eigenvalue weighted by Gasteiger charge is -2.33. The molecule has 1 saturated heterocycles. The second kappa shape index (κ2) is 11.1. The number of imidazole rings is 1. The van der Waals surface area contributed by atoms with Gasteiger partial charge in [0.15, 0.2) is 5.65 Å². The molecule has 0 bridgehead atoms. The Hall–Kier alpha value is -3.70. The summed E-state index contributed by atoms with van der Waals surface area (Å²) in [4.78, 5) is 29.6. The van der Waals surface area contributed by atoms with E-state index in [1.807, 2.05) is 30.3 Å². The zero-order valence-electron chi connectivity index (χ0n) is 22.0. The number of ether oxygens (including phenoxy) is 1. The van der Waals surface area contributed by atoms with Gasteiger partial charge in [-0.3, -0.25) is 4.79 Å². The largest absolute Gasteiger partial charge is 0.445 e. The van der Waals surface area contributed by atoms with E-state index in [9.17, 15) is 27.2 Å². The van der Waals surface area contributed by atoms with Crippen LogP contribution in [0.4, 0.5) is 22.4 Å². The summed E-state index contributed by atoms with van der Waals surface area (Å²) >= 11 is 0. The summed E-state index contributed by atoms with van der Waals surface area (Å²) in [7, 11) is 0. The molecule has 1 aromatic carbocycles. The summed E-state index contributed by atoms with van der Waals surface area (Å²) in [6, 6.07) is 10.6. The molecule has 0 spiro atoms. The summed E-state index contributed by atoms with van der Waals surface area (Å²) in [5, 5.41) is 9.70. The Morgan fingerprint density at radius 1 is 1.20 bits per heavy atom. The predicted molar refractivity (Wildman–Crippen MR) is 137 cm³/mol. The van der Waals surface area contributed by atoms with Crippen molar-refractivity contribution in [3.05, 3.63) is 65.6 Å². The van der Waals surface area contributed by atoms with Gasteiger partial charge in [0, 0.05) is 32.1 Å². The van der Waals surface area contributed by atoms with Gasteiger partial charge in [0.25, 0.3) is 5.92 Å². The molecule has 40 heavy (non-hydrogen) atoms. The number of hydrogen-bond donors (Lipinski definition) is 2. The molecule has 5 rings (SSSR count). The van der Waals surface area contributed by atoms with Gasteiger partial charge in [0.2, 0.25) is 11.8 Å². The van der Waals surface area contributed by atoms with Gasteiger partial charge in [-0.05, 0) is 42.9 Å². The van der Waals surface area contributed by atoms with Crippen molar-refractivity contribution >= 4 is 17.6 Å². The molecule has 2 unspecified atom stereocenters. The van der Waals surface area contributed by atoms with E-state index in [1.54, 1.807) is 18.3 Å². The molecule has 0 radical (unpaired) electrons. The number of carbonyl (C=O) groups excluding carboxylic acids is 2. The Bertz CT molecular complexity index is 1350. The van der Waals surface area contributed by atoms with Crippen molar-refractivity contribution in [3.8, 4) is 0 Å². The molecular weight excluding hydrogens is 530 g/mol. The van der Waals surface area contributed by atoms with Crippen LogP contribution in [0.15, 0.2) is 48.7 Å². The van der Waals surface area contributed by atoms with E-state index in [1.165, 1.54) is 4.52 Å². The van der Waals surface area contributed by atoms with Gasteiger partial charge in [-0.15, -0.1) is 0 Å². The summed E-state index contributed by atoms with van der Waals surface area (Å²) in [6.45, 7) is 0.838.